The zero-order chi connectivity index (χ0) is 15.1. The summed E-state index contributed by atoms with van der Waals surface area (Å²) in [4.78, 5) is 0. The van der Waals surface area contributed by atoms with E-state index in [1.54, 1.807) is 0 Å². The predicted octanol–water partition coefficient (Wildman–Crippen LogP) is 3.33. The van der Waals surface area contributed by atoms with E-state index in [0.29, 0.717) is 6.10 Å². The Bertz CT molecular complexity index is 417. The molecular formula is C17H28N2O2. The normalized spacial score (nSPS) is 19.9. The van der Waals surface area contributed by atoms with Gasteiger partial charge in [-0.25, -0.2) is 0 Å². The summed E-state index contributed by atoms with van der Waals surface area (Å²) in [5.41, 5.74) is 4.11. The number of hydrogen-bond acceptors (Lipinski definition) is 4. The lowest BCUT2D eigenvalue weighted by atomic mass is 9.99. The van der Waals surface area contributed by atoms with Crippen LogP contribution < -0.4 is 16.0 Å². The minimum Gasteiger partial charge on any atom is -0.491 e. The second-order valence-corrected chi connectivity index (χ2v) is 6.02. The van der Waals surface area contributed by atoms with Crippen LogP contribution in [-0.4, -0.2) is 18.8 Å². The molecule has 1 aliphatic rings. The number of ether oxygens (including phenoxy) is 2. The molecule has 1 aliphatic heterocycles. The first-order valence-electron chi connectivity index (χ1n) is 8.03. The maximum absolute atomic E-state index is 5.75. The summed E-state index contributed by atoms with van der Waals surface area (Å²) < 4.78 is 11.4. The molecule has 1 aromatic rings. The summed E-state index contributed by atoms with van der Waals surface area (Å²) in [6, 6.07) is 8.36. The van der Waals surface area contributed by atoms with Crippen LogP contribution in [0, 0.1) is 0 Å². The smallest absolute Gasteiger partial charge is 0.120 e. The van der Waals surface area contributed by atoms with Crippen molar-refractivity contribution in [2.75, 3.05) is 6.61 Å². The van der Waals surface area contributed by atoms with Gasteiger partial charge in [0.05, 0.1) is 12.2 Å². The Morgan fingerprint density at radius 2 is 2.29 bits per heavy atom. The van der Waals surface area contributed by atoms with Gasteiger partial charge in [-0.15, -0.1) is 0 Å². The molecule has 1 heterocycles. The first kappa shape index (κ1) is 16.3. The first-order valence-corrected chi connectivity index (χ1v) is 8.03. The minimum atomic E-state index is 0.169. The number of nitrogens with one attached hydrogen (secondary N) is 1. The van der Waals surface area contributed by atoms with E-state index >= 15 is 0 Å². The fraction of sp³-hybridized carbons (Fsp3) is 0.647. The molecule has 0 bridgehead atoms. The van der Waals surface area contributed by atoms with Gasteiger partial charge < -0.3 is 9.47 Å². The molecule has 2 rings (SSSR count). The summed E-state index contributed by atoms with van der Waals surface area (Å²) in [6.45, 7) is 5.00. The Hall–Kier alpha value is -1.10. The number of benzene rings is 1. The Labute approximate surface area is 128 Å². The molecular weight excluding hydrogens is 264 g/mol. The third kappa shape index (κ3) is 5.30. The average molecular weight is 292 g/mol. The van der Waals surface area contributed by atoms with Gasteiger partial charge in [-0.05, 0) is 63.6 Å². The zero-order valence-electron chi connectivity index (χ0n) is 13.2. The van der Waals surface area contributed by atoms with Crippen LogP contribution in [0.15, 0.2) is 24.3 Å². The van der Waals surface area contributed by atoms with Crippen molar-refractivity contribution in [3.05, 3.63) is 29.8 Å². The molecule has 4 nitrogen and oxygen atoms in total. The Balaban J connectivity index is 1.86. The summed E-state index contributed by atoms with van der Waals surface area (Å²) in [6.07, 6.45) is 6.32. The third-order valence-electron chi connectivity index (χ3n) is 3.88. The second-order valence-electron chi connectivity index (χ2n) is 6.02. The lowest BCUT2D eigenvalue weighted by Crippen LogP contribution is -2.28. The summed E-state index contributed by atoms with van der Waals surface area (Å²) in [5, 5.41) is 0. The van der Waals surface area contributed by atoms with Crippen molar-refractivity contribution in [1.29, 1.82) is 0 Å². The van der Waals surface area contributed by atoms with Crippen LogP contribution in [0.5, 0.6) is 5.75 Å². The predicted molar refractivity (Wildman–Crippen MR) is 85.1 cm³/mol. The van der Waals surface area contributed by atoms with E-state index in [4.69, 9.17) is 15.3 Å². The van der Waals surface area contributed by atoms with E-state index in [1.165, 1.54) is 18.4 Å². The van der Waals surface area contributed by atoms with E-state index in [0.717, 1.165) is 31.6 Å². The molecule has 0 radical (unpaired) electrons. The van der Waals surface area contributed by atoms with Crippen LogP contribution in [0.2, 0.25) is 0 Å². The molecule has 2 atom stereocenters. The van der Waals surface area contributed by atoms with Gasteiger partial charge >= 0.3 is 0 Å². The molecule has 1 saturated heterocycles. The quantitative estimate of drug-likeness (QED) is 0.570. The van der Waals surface area contributed by atoms with Gasteiger partial charge in [-0.1, -0.05) is 12.1 Å². The lowest BCUT2D eigenvalue weighted by molar-refractivity contribution is 0.101. The molecule has 118 valence electrons. The van der Waals surface area contributed by atoms with E-state index in [-0.39, 0.29) is 12.1 Å². The highest BCUT2D eigenvalue weighted by Crippen LogP contribution is 2.25. The van der Waals surface area contributed by atoms with Crippen molar-refractivity contribution >= 4 is 0 Å². The fourth-order valence-corrected chi connectivity index (χ4v) is 2.84. The number of nitrogens with two attached hydrogens (primary N) is 1. The van der Waals surface area contributed by atoms with Crippen LogP contribution in [0.1, 0.15) is 57.6 Å². The van der Waals surface area contributed by atoms with E-state index in [9.17, 15) is 0 Å². The Morgan fingerprint density at radius 3 is 2.95 bits per heavy atom. The van der Waals surface area contributed by atoms with Gasteiger partial charge in [0.1, 0.15) is 5.75 Å². The highest BCUT2D eigenvalue weighted by molar-refractivity contribution is 5.30. The van der Waals surface area contributed by atoms with Gasteiger partial charge in [-0.2, -0.15) is 0 Å². The maximum atomic E-state index is 5.75. The molecule has 0 aromatic heterocycles. The van der Waals surface area contributed by atoms with Gasteiger partial charge in [0.2, 0.25) is 0 Å². The average Bonchev–Trinajstić information content (AvgIpc) is 2.96. The lowest BCUT2D eigenvalue weighted by Gasteiger charge is -2.19. The maximum Gasteiger partial charge on any atom is 0.120 e. The largest absolute Gasteiger partial charge is 0.491 e. The van der Waals surface area contributed by atoms with Crippen LogP contribution in [0.3, 0.4) is 0 Å². The van der Waals surface area contributed by atoms with Crippen LogP contribution in [-0.2, 0) is 4.74 Å². The SMILES string of the molecule is CC(C)Oc1cccc(C(CCCC2CCCO2)NN)c1. The number of hydrogen-bond donors (Lipinski definition) is 2. The van der Waals surface area contributed by atoms with Crippen molar-refractivity contribution in [2.24, 2.45) is 5.84 Å². The molecule has 0 spiro atoms. The van der Waals surface area contributed by atoms with Gasteiger partial charge in [0.25, 0.3) is 0 Å². The summed E-state index contributed by atoms with van der Waals surface area (Å²) >= 11 is 0. The van der Waals surface area contributed by atoms with Gasteiger partial charge in [0.15, 0.2) is 0 Å². The van der Waals surface area contributed by atoms with Gasteiger partial charge in [0, 0.05) is 12.6 Å². The van der Waals surface area contributed by atoms with E-state index in [1.807, 2.05) is 26.0 Å². The summed E-state index contributed by atoms with van der Waals surface area (Å²) in [5.74, 6) is 6.63. The van der Waals surface area contributed by atoms with Crippen molar-refractivity contribution < 1.29 is 9.47 Å². The van der Waals surface area contributed by atoms with Crippen LogP contribution in [0.4, 0.5) is 0 Å². The molecule has 2 unspecified atom stereocenters. The highest BCUT2D eigenvalue weighted by atomic mass is 16.5. The van der Waals surface area contributed by atoms with Crippen molar-refractivity contribution in [3.63, 3.8) is 0 Å². The number of rotatable bonds is 8. The molecule has 21 heavy (non-hydrogen) atoms. The Morgan fingerprint density at radius 1 is 1.43 bits per heavy atom. The van der Waals surface area contributed by atoms with Crippen molar-refractivity contribution in [1.82, 2.24) is 5.43 Å². The van der Waals surface area contributed by atoms with E-state index in [2.05, 4.69) is 17.6 Å². The van der Waals surface area contributed by atoms with Crippen molar-refractivity contribution in [2.45, 2.75) is 64.2 Å². The first-order chi connectivity index (χ1) is 10.2. The minimum absolute atomic E-state index is 0.169. The molecule has 0 aliphatic carbocycles. The monoisotopic (exact) mass is 292 g/mol. The molecule has 0 saturated carbocycles. The van der Waals surface area contributed by atoms with Crippen LogP contribution >= 0.6 is 0 Å². The second kappa shape index (κ2) is 8.37. The summed E-state index contributed by atoms with van der Waals surface area (Å²) in [7, 11) is 0. The van der Waals surface area contributed by atoms with Crippen molar-refractivity contribution in [3.8, 4) is 5.75 Å². The number of hydrazine groups is 1. The Kier molecular flexibility index (Phi) is 6.49. The highest BCUT2D eigenvalue weighted by Gasteiger charge is 2.17. The van der Waals surface area contributed by atoms with Crippen LogP contribution in [0.25, 0.3) is 0 Å². The van der Waals surface area contributed by atoms with Gasteiger partial charge in [-0.3, -0.25) is 11.3 Å². The molecule has 0 amide bonds. The molecule has 3 N–H and O–H groups in total. The molecule has 4 heteroatoms. The zero-order valence-corrected chi connectivity index (χ0v) is 13.2. The standard InChI is InChI=1S/C17H28N2O2/c1-13(2)21-16-8-3-6-14(12-16)17(19-18)10-4-7-15-9-5-11-20-15/h3,6,8,12-13,15,17,19H,4-5,7,9-11,18H2,1-2H3. The topological polar surface area (TPSA) is 56.5 Å². The third-order valence-corrected chi connectivity index (χ3v) is 3.88. The fourth-order valence-electron chi connectivity index (χ4n) is 2.84. The molecule has 1 fully saturated rings. The van der Waals surface area contributed by atoms with E-state index < -0.39 is 0 Å². The molecule has 1 aromatic carbocycles.